The molecule has 1 amide bonds. The van der Waals surface area contributed by atoms with E-state index in [9.17, 15) is 34.4 Å². The van der Waals surface area contributed by atoms with Gasteiger partial charge in [-0.1, -0.05) is 0 Å². The predicted molar refractivity (Wildman–Crippen MR) is 65.1 cm³/mol. The molecule has 22 heavy (non-hydrogen) atoms. The summed E-state index contributed by atoms with van der Waals surface area (Å²) in [4.78, 5) is 22.1. The maximum atomic E-state index is 12.3. The molecule has 0 unspecified atom stereocenters. The Morgan fingerprint density at radius 1 is 1.41 bits per heavy atom. The van der Waals surface area contributed by atoms with E-state index in [0.717, 1.165) is 0 Å². The zero-order valence-electron chi connectivity index (χ0n) is 11.3. The number of carbonyl (C=O) groups excluding carboxylic acids is 1. The van der Waals surface area contributed by atoms with Crippen LogP contribution in [0.4, 0.5) is 4.39 Å². The highest BCUT2D eigenvalue weighted by atomic mass is 19.1. The summed E-state index contributed by atoms with van der Waals surface area (Å²) in [5, 5.41) is 58.6. The van der Waals surface area contributed by atoms with Crippen molar-refractivity contribution in [3.8, 4) is 0 Å². The number of alkyl halides is 1. The number of carboxylic acids is 1. The van der Waals surface area contributed by atoms with Crippen LogP contribution in [0, 0.1) is 0 Å². The summed E-state index contributed by atoms with van der Waals surface area (Å²) in [7, 11) is 0. The quantitative estimate of drug-likeness (QED) is 0.257. The van der Waals surface area contributed by atoms with Gasteiger partial charge in [-0.3, -0.25) is 4.79 Å². The molecular formula is C11H18FNO9. The van der Waals surface area contributed by atoms with E-state index >= 15 is 0 Å². The number of rotatable bonds is 6. The monoisotopic (exact) mass is 327 g/mol. The Hall–Kier alpha value is -1.37. The molecule has 0 aliphatic carbocycles. The molecule has 6 atom stereocenters. The first-order valence-electron chi connectivity index (χ1n) is 6.30. The van der Waals surface area contributed by atoms with Crippen LogP contribution in [0.3, 0.4) is 0 Å². The number of aliphatic hydroxyl groups excluding tert-OH is 4. The summed E-state index contributed by atoms with van der Waals surface area (Å²) in [6, 6.07) is -1.50. The number of carboxylic acid groups (broad SMARTS) is 1. The molecular weight excluding hydrogens is 309 g/mol. The highest BCUT2D eigenvalue weighted by Gasteiger charge is 2.53. The van der Waals surface area contributed by atoms with Gasteiger partial charge in [0.15, 0.2) is 6.67 Å². The van der Waals surface area contributed by atoms with Gasteiger partial charge in [0.2, 0.25) is 0 Å². The third kappa shape index (κ3) is 3.88. The minimum Gasteiger partial charge on any atom is -0.477 e. The summed E-state index contributed by atoms with van der Waals surface area (Å²) in [5.41, 5.74) is 0. The first-order valence-corrected chi connectivity index (χ1v) is 6.30. The summed E-state index contributed by atoms with van der Waals surface area (Å²) in [5.74, 6) is -5.92. The SMILES string of the molecule is O=C(CF)N[C@H]1[C@H]([C@H](O)[C@H](O)CO)O[C@](O)(C(=O)O)C[C@@H]1O. The molecule has 0 spiro atoms. The van der Waals surface area contributed by atoms with Crippen LogP contribution >= 0.6 is 0 Å². The molecule has 0 aromatic rings. The maximum Gasteiger partial charge on any atom is 0.364 e. The summed E-state index contributed by atoms with van der Waals surface area (Å²) < 4.78 is 17.1. The minimum absolute atomic E-state index is 0.863. The number of amides is 1. The molecule has 1 fully saturated rings. The van der Waals surface area contributed by atoms with Gasteiger partial charge in [0.25, 0.3) is 11.7 Å². The molecule has 7 N–H and O–H groups in total. The molecule has 11 heteroatoms. The Kier molecular flexibility index (Phi) is 6.17. The molecule has 0 bridgehead atoms. The van der Waals surface area contributed by atoms with E-state index in [1.165, 1.54) is 0 Å². The molecule has 1 aliphatic heterocycles. The van der Waals surface area contributed by atoms with Crippen LogP contribution in [0.1, 0.15) is 6.42 Å². The van der Waals surface area contributed by atoms with Crippen molar-refractivity contribution in [2.24, 2.45) is 0 Å². The van der Waals surface area contributed by atoms with Gasteiger partial charge in [-0.2, -0.15) is 0 Å². The fourth-order valence-electron chi connectivity index (χ4n) is 2.13. The van der Waals surface area contributed by atoms with E-state index in [4.69, 9.17) is 14.9 Å². The fourth-order valence-corrected chi connectivity index (χ4v) is 2.13. The van der Waals surface area contributed by atoms with E-state index in [1.54, 1.807) is 0 Å². The van der Waals surface area contributed by atoms with Gasteiger partial charge in [0.1, 0.15) is 18.3 Å². The first-order chi connectivity index (χ1) is 10.2. The van der Waals surface area contributed by atoms with Crippen molar-refractivity contribution in [1.29, 1.82) is 0 Å². The van der Waals surface area contributed by atoms with Gasteiger partial charge in [-0.25, -0.2) is 9.18 Å². The lowest BCUT2D eigenvalue weighted by atomic mass is 9.88. The van der Waals surface area contributed by atoms with Crippen molar-refractivity contribution in [3.63, 3.8) is 0 Å². The van der Waals surface area contributed by atoms with Gasteiger partial charge in [0.05, 0.1) is 18.8 Å². The Labute approximate surface area is 123 Å². The third-order valence-corrected chi connectivity index (χ3v) is 3.29. The number of halogens is 1. The second-order valence-corrected chi connectivity index (χ2v) is 4.91. The second kappa shape index (κ2) is 7.26. The van der Waals surface area contributed by atoms with Crippen molar-refractivity contribution >= 4 is 11.9 Å². The Balaban J connectivity index is 3.07. The lowest BCUT2D eigenvalue weighted by molar-refractivity contribution is -0.295. The molecule has 0 saturated carbocycles. The van der Waals surface area contributed by atoms with Crippen LogP contribution in [0.2, 0.25) is 0 Å². The van der Waals surface area contributed by atoms with Crippen LogP contribution in [0.15, 0.2) is 0 Å². The van der Waals surface area contributed by atoms with Crippen LogP contribution in [-0.2, 0) is 14.3 Å². The summed E-state index contributed by atoms with van der Waals surface area (Å²) in [6.45, 7) is -2.38. The molecule has 1 aliphatic rings. The highest BCUT2D eigenvalue weighted by molar-refractivity contribution is 5.78. The zero-order chi connectivity index (χ0) is 17.1. The van der Waals surface area contributed by atoms with Crippen molar-refractivity contribution in [2.45, 2.75) is 42.7 Å². The van der Waals surface area contributed by atoms with Crippen molar-refractivity contribution in [1.82, 2.24) is 5.32 Å². The van der Waals surface area contributed by atoms with Crippen LogP contribution in [0.5, 0.6) is 0 Å². The summed E-state index contributed by atoms with van der Waals surface area (Å²) >= 11 is 0. The second-order valence-electron chi connectivity index (χ2n) is 4.91. The van der Waals surface area contributed by atoms with Crippen LogP contribution in [0.25, 0.3) is 0 Å². The number of ether oxygens (including phenoxy) is 1. The number of carbonyl (C=O) groups is 2. The van der Waals surface area contributed by atoms with E-state index < -0.39 is 67.8 Å². The third-order valence-electron chi connectivity index (χ3n) is 3.29. The zero-order valence-corrected chi connectivity index (χ0v) is 11.3. The van der Waals surface area contributed by atoms with E-state index in [0.29, 0.717) is 0 Å². The molecule has 128 valence electrons. The summed E-state index contributed by atoms with van der Waals surface area (Å²) in [6.07, 6.45) is -8.15. The largest absolute Gasteiger partial charge is 0.477 e. The Morgan fingerprint density at radius 2 is 2.00 bits per heavy atom. The first kappa shape index (κ1) is 18.7. The molecule has 1 heterocycles. The molecule has 0 radical (unpaired) electrons. The van der Waals surface area contributed by atoms with Crippen molar-refractivity contribution < 1.29 is 49.4 Å². The van der Waals surface area contributed by atoms with Crippen LogP contribution in [-0.4, -0.2) is 92.0 Å². The Bertz CT molecular complexity index is 422. The smallest absolute Gasteiger partial charge is 0.364 e. The topological polar surface area (TPSA) is 177 Å². The van der Waals surface area contributed by atoms with E-state index in [-0.39, 0.29) is 0 Å². The van der Waals surface area contributed by atoms with Crippen LogP contribution < -0.4 is 5.32 Å². The average Bonchev–Trinajstić information content (AvgIpc) is 2.47. The fraction of sp³-hybridized carbons (Fsp3) is 0.818. The van der Waals surface area contributed by atoms with Gasteiger partial charge in [0, 0.05) is 6.42 Å². The molecule has 0 aromatic heterocycles. The van der Waals surface area contributed by atoms with Crippen molar-refractivity contribution in [3.05, 3.63) is 0 Å². The number of nitrogens with one attached hydrogen (secondary N) is 1. The van der Waals surface area contributed by atoms with Gasteiger partial charge in [-0.15, -0.1) is 0 Å². The predicted octanol–water partition coefficient (Wildman–Crippen LogP) is -3.92. The normalized spacial score (nSPS) is 34.7. The molecule has 10 nitrogen and oxygen atoms in total. The van der Waals surface area contributed by atoms with Gasteiger partial charge in [-0.05, 0) is 0 Å². The highest BCUT2D eigenvalue weighted by Crippen LogP contribution is 2.30. The molecule has 1 rings (SSSR count). The number of aliphatic hydroxyl groups is 5. The van der Waals surface area contributed by atoms with E-state index in [2.05, 4.69) is 0 Å². The average molecular weight is 327 g/mol. The van der Waals surface area contributed by atoms with E-state index in [1.807, 2.05) is 5.32 Å². The Morgan fingerprint density at radius 3 is 2.45 bits per heavy atom. The number of hydrogen-bond acceptors (Lipinski definition) is 8. The maximum absolute atomic E-state index is 12.3. The standard InChI is InChI=1S/C11H18FNO9/c12-2-6(17)13-7-4(15)1-11(21,10(19)20)22-9(7)8(18)5(16)3-14/h4-5,7-9,14-16,18,21H,1-3H2,(H,13,17)(H,19,20)/t4-,5+,7+,8+,9+,11-/m0/s1. The lowest BCUT2D eigenvalue weighted by Crippen LogP contribution is -2.67. The number of aliphatic carboxylic acids is 1. The minimum atomic E-state index is -2.88. The lowest BCUT2D eigenvalue weighted by Gasteiger charge is -2.44. The molecule has 0 aromatic carbocycles. The van der Waals surface area contributed by atoms with Crippen molar-refractivity contribution in [2.75, 3.05) is 13.3 Å². The van der Waals surface area contributed by atoms with Gasteiger partial charge >= 0.3 is 5.97 Å². The molecule has 1 saturated heterocycles. The van der Waals surface area contributed by atoms with Gasteiger partial charge < -0.3 is 40.7 Å². The number of hydrogen-bond donors (Lipinski definition) is 7.